The number of benzene rings is 1. The molecule has 0 fully saturated rings. The highest BCUT2D eigenvalue weighted by Crippen LogP contribution is 2.36. The van der Waals surface area contributed by atoms with Crippen LogP contribution < -0.4 is 0 Å². The van der Waals surface area contributed by atoms with E-state index in [2.05, 4.69) is 12.2 Å². The summed E-state index contributed by atoms with van der Waals surface area (Å²) in [4.78, 5) is 0. The van der Waals surface area contributed by atoms with Crippen LogP contribution in [0.2, 0.25) is 0 Å². The number of fused-ring (bicyclic) bond motifs is 3. The lowest BCUT2D eigenvalue weighted by molar-refractivity contribution is 0.525. The van der Waals surface area contributed by atoms with Crippen LogP contribution in [0.25, 0.3) is 16.6 Å². The van der Waals surface area contributed by atoms with Gasteiger partial charge in [0.2, 0.25) is 5.12 Å². The number of rotatable bonds is 0. The summed E-state index contributed by atoms with van der Waals surface area (Å²) >= 11 is 0. The number of aryl methyl sites for hydroxylation is 1. The average Bonchev–Trinajstić information content (AvgIpc) is 2.30. The maximum Gasteiger partial charge on any atom is 0.597 e. The van der Waals surface area contributed by atoms with Gasteiger partial charge in [-0.2, -0.15) is 0 Å². The molecule has 0 radical (unpaired) electrons. The lowest BCUT2D eigenvalue weighted by Crippen LogP contribution is -1.93. The van der Waals surface area contributed by atoms with Gasteiger partial charge in [0.15, 0.2) is 5.76 Å². The zero-order chi connectivity index (χ0) is 10.3. The first-order chi connectivity index (χ1) is 7.36. The van der Waals surface area contributed by atoms with Gasteiger partial charge in [-0.05, 0) is 23.1 Å². The van der Waals surface area contributed by atoms with E-state index in [4.69, 9.17) is 4.20 Å². The zero-order valence-corrected chi connectivity index (χ0v) is 9.04. The molecule has 15 heavy (non-hydrogen) atoms. The molecule has 2 nitrogen and oxygen atoms in total. The smallest absolute Gasteiger partial charge is 0.254 e. The van der Waals surface area contributed by atoms with E-state index < -0.39 is 7.65 Å². The molecule has 0 saturated heterocycles. The van der Waals surface area contributed by atoms with E-state index in [1.54, 1.807) is 0 Å². The van der Waals surface area contributed by atoms with Crippen molar-refractivity contribution >= 4 is 24.2 Å². The normalized spacial score (nSPS) is 15.3. The topological polar surface area (TPSA) is 30.2 Å². The van der Waals surface area contributed by atoms with Crippen molar-refractivity contribution in [1.29, 1.82) is 0 Å². The molecule has 2 aromatic rings. The first-order valence-corrected chi connectivity index (χ1v) is 6.18. The van der Waals surface area contributed by atoms with Crippen molar-refractivity contribution in [3.05, 3.63) is 41.7 Å². The molecule has 0 spiro atoms. The fourth-order valence-electron chi connectivity index (χ4n) is 1.99. The summed E-state index contributed by atoms with van der Waals surface area (Å²) < 4.78 is 17.3. The highest BCUT2D eigenvalue weighted by atomic mass is 31.1. The Morgan fingerprint density at radius 1 is 1.27 bits per heavy atom. The van der Waals surface area contributed by atoms with E-state index in [9.17, 15) is 4.57 Å². The van der Waals surface area contributed by atoms with Crippen LogP contribution in [-0.2, 0) is 11.0 Å². The van der Waals surface area contributed by atoms with Crippen molar-refractivity contribution in [3.8, 4) is 0 Å². The summed E-state index contributed by atoms with van der Waals surface area (Å²) in [5, 5.41) is 1.88. The third-order valence-electron chi connectivity index (χ3n) is 2.71. The van der Waals surface area contributed by atoms with E-state index in [0.717, 1.165) is 34.7 Å². The van der Waals surface area contributed by atoms with Gasteiger partial charge in [-0.25, -0.2) is 0 Å². The van der Waals surface area contributed by atoms with Crippen molar-refractivity contribution in [2.24, 2.45) is 0 Å². The van der Waals surface area contributed by atoms with Crippen LogP contribution in [-0.4, -0.2) is 0 Å². The minimum absolute atomic E-state index is 0.817. The second kappa shape index (κ2) is 3.32. The van der Waals surface area contributed by atoms with Crippen LogP contribution >= 0.6 is 7.65 Å². The largest absolute Gasteiger partial charge is 0.597 e. The fourth-order valence-corrected chi connectivity index (χ4v) is 3.08. The molecule has 0 bridgehead atoms. The Balaban J connectivity index is 2.52. The van der Waals surface area contributed by atoms with Gasteiger partial charge in [0.05, 0.1) is 0 Å². The molecular weight excluding hydrogens is 207 g/mol. The third-order valence-corrected chi connectivity index (χ3v) is 3.88. The van der Waals surface area contributed by atoms with Gasteiger partial charge in [0.25, 0.3) is 0 Å². The van der Waals surface area contributed by atoms with Crippen molar-refractivity contribution in [2.75, 3.05) is 0 Å². The van der Waals surface area contributed by atoms with Gasteiger partial charge in [-0.3, -0.25) is 4.20 Å². The van der Waals surface area contributed by atoms with E-state index in [-0.39, 0.29) is 0 Å². The van der Waals surface area contributed by atoms with Crippen LogP contribution in [0.5, 0.6) is 0 Å². The summed E-state index contributed by atoms with van der Waals surface area (Å²) in [7, 11) is -1.69. The molecule has 1 aliphatic carbocycles. The maximum atomic E-state index is 11.8. The van der Waals surface area contributed by atoms with Gasteiger partial charge in [-0.15, -0.1) is 0 Å². The Hall–Kier alpha value is -1.40. The highest BCUT2D eigenvalue weighted by Gasteiger charge is 2.20. The maximum absolute atomic E-state index is 11.8. The molecule has 1 aliphatic rings. The zero-order valence-electron chi connectivity index (χ0n) is 8.14. The van der Waals surface area contributed by atoms with Crippen LogP contribution in [0.3, 0.4) is 0 Å². The predicted octanol–water partition coefficient (Wildman–Crippen LogP) is 4.13. The summed E-state index contributed by atoms with van der Waals surface area (Å²) in [5.41, 5.74) is 1.10. The van der Waals surface area contributed by atoms with E-state index in [1.165, 1.54) is 0 Å². The van der Waals surface area contributed by atoms with Crippen LogP contribution in [0.1, 0.15) is 17.7 Å². The molecule has 3 rings (SSSR count). The van der Waals surface area contributed by atoms with Gasteiger partial charge in [0.1, 0.15) is 0 Å². The first kappa shape index (κ1) is 8.87. The van der Waals surface area contributed by atoms with E-state index >= 15 is 0 Å². The molecule has 1 aromatic carbocycles. The van der Waals surface area contributed by atoms with Gasteiger partial charge in [0, 0.05) is 17.4 Å². The van der Waals surface area contributed by atoms with Crippen LogP contribution in [0, 0.1) is 0 Å². The quantitative estimate of drug-likeness (QED) is 0.663. The van der Waals surface area contributed by atoms with Crippen molar-refractivity contribution in [1.82, 2.24) is 0 Å². The molecule has 1 unspecified atom stereocenters. The van der Waals surface area contributed by atoms with E-state index in [0.29, 0.717) is 0 Å². The molecule has 0 N–H and O–H groups in total. The molecule has 1 heterocycles. The van der Waals surface area contributed by atoms with Crippen molar-refractivity contribution in [2.45, 2.75) is 12.8 Å². The minimum atomic E-state index is -1.69. The Kier molecular flexibility index (Phi) is 1.96. The molecule has 1 aromatic heterocycles. The van der Waals surface area contributed by atoms with E-state index in [1.807, 2.05) is 24.3 Å². The minimum Gasteiger partial charge on any atom is -0.254 e. The second-order valence-electron chi connectivity index (χ2n) is 3.64. The third kappa shape index (κ3) is 1.33. The first-order valence-electron chi connectivity index (χ1n) is 5.00. The van der Waals surface area contributed by atoms with Crippen LogP contribution in [0.4, 0.5) is 0 Å². The molecule has 1 atom stereocenters. The van der Waals surface area contributed by atoms with Gasteiger partial charge < -0.3 is 0 Å². The SMILES string of the molecule is O=[p+]1oc2c(c3ccccc31)C=CCC2. The van der Waals surface area contributed by atoms with Gasteiger partial charge in [-0.1, -0.05) is 24.3 Å². The number of allylic oxidation sites excluding steroid dienone is 1. The number of hydrogen-bond donors (Lipinski definition) is 0. The highest BCUT2D eigenvalue weighted by molar-refractivity contribution is 7.36. The lowest BCUT2D eigenvalue weighted by atomic mass is 10.0. The van der Waals surface area contributed by atoms with Crippen molar-refractivity contribution in [3.63, 3.8) is 0 Å². The summed E-state index contributed by atoms with van der Waals surface area (Å²) in [5.74, 6) is 0.886. The molecule has 0 saturated carbocycles. The monoisotopic (exact) mass is 217 g/mol. The fraction of sp³-hybridized carbons (Fsp3) is 0.167. The predicted molar refractivity (Wildman–Crippen MR) is 61.2 cm³/mol. The Labute approximate surface area is 88.1 Å². The second-order valence-corrected chi connectivity index (χ2v) is 4.82. The summed E-state index contributed by atoms with van der Waals surface area (Å²) in [6, 6.07) is 7.75. The molecular formula is C12H10O2P+. The average molecular weight is 217 g/mol. The Morgan fingerprint density at radius 3 is 3.07 bits per heavy atom. The Morgan fingerprint density at radius 2 is 2.13 bits per heavy atom. The molecule has 3 heteroatoms. The molecule has 0 amide bonds. The van der Waals surface area contributed by atoms with Crippen LogP contribution in [0.15, 0.2) is 34.5 Å². The molecule has 0 aliphatic heterocycles. The summed E-state index contributed by atoms with van der Waals surface area (Å²) in [6.45, 7) is 0. The Bertz CT molecular complexity index is 611. The lowest BCUT2D eigenvalue weighted by Gasteiger charge is -2.05. The molecule has 74 valence electrons. The van der Waals surface area contributed by atoms with Crippen molar-refractivity contribution < 1.29 is 8.76 Å². The standard InChI is InChI=1S/C12H10O2P/c13-15-12-8-4-2-6-10(12)9-5-1-3-7-11(9)14-15/h1-2,4-6,8H,3,7H2/q+1. The number of hydrogen-bond acceptors (Lipinski definition) is 2. The van der Waals surface area contributed by atoms with Gasteiger partial charge >= 0.3 is 7.65 Å². The summed E-state index contributed by atoms with van der Waals surface area (Å²) in [6.07, 6.45) is 6.04.